The number of aromatic nitrogens is 1. The summed E-state index contributed by atoms with van der Waals surface area (Å²) in [7, 11) is 0. The average Bonchev–Trinajstić information content (AvgIpc) is 3.48. The van der Waals surface area contributed by atoms with Crippen LogP contribution in [-0.2, 0) is 43.5 Å². The number of ether oxygens (including phenoxy) is 2. The van der Waals surface area contributed by atoms with Gasteiger partial charge >= 0.3 is 11.9 Å². The molecule has 0 spiro atoms. The zero-order valence-electron chi connectivity index (χ0n) is 25.3. The Morgan fingerprint density at radius 3 is 2.11 bits per heavy atom. The van der Waals surface area contributed by atoms with Gasteiger partial charge in [0, 0.05) is 28.7 Å². The molecule has 0 saturated carbocycles. The standard InChI is InChI=1S/C36H32N4O7/c41-32(46-21-23-9-3-1-4-10-23)20-31(36(43)47-22-24-11-5-2-6-12-24)39-35(42)30-19-28-27-13-7-8-14-29(27)37-34(28)33(38-30)25-15-17-26(18-16-25)40(44)45/h1-18,30-31,33,37-38H,19-22H2,(H,39,42)/t30-,31-,33+/m0/s1. The molecule has 1 aromatic heterocycles. The minimum Gasteiger partial charge on any atom is -0.461 e. The Kier molecular flexibility index (Phi) is 9.35. The summed E-state index contributed by atoms with van der Waals surface area (Å²) in [5.74, 6) is -1.95. The Bertz CT molecular complexity index is 1890. The second kappa shape index (κ2) is 14.1. The number of rotatable bonds is 11. The fraction of sp³-hybridized carbons (Fsp3) is 0.194. The average molecular weight is 633 g/mol. The number of hydrogen-bond acceptors (Lipinski definition) is 8. The first kappa shape index (κ1) is 31.2. The molecule has 5 aromatic rings. The topological polar surface area (TPSA) is 153 Å². The van der Waals surface area contributed by atoms with Gasteiger partial charge in [0.25, 0.3) is 5.69 Å². The van der Waals surface area contributed by atoms with Crippen LogP contribution in [0.3, 0.4) is 0 Å². The fourth-order valence-electron chi connectivity index (χ4n) is 5.71. The van der Waals surface area contributed by atoms with Gasteiger partial charge in [-0.3, -0.25) is 25.0 Å². The van der Waals surface area contributed by atoms with Crippen molar-refractivity contribution in [3.05, 3.63) is 147 Å². The molecule has 0 radical (unpaired) electrons. The van der Waals surface area contributed by atoms with E-state index in [-0.39, 0.29) is 18.9 Å². The minimum absolute atomic E-state index is 0.0177. The molecule has 11 nitrogen and oxygen atoms in total. The number of esters is 2. The highest BCUT2D eigenvalue weighted by atomic mass is 16.6. The SMILES string of the molecule is O=C(C[C@H](NC(=O)[C@@H]1Cc2c([nH]c3ccccc23)[C@@H](c2ccc([N+](=O)[O-])cc2)N1)C(=O)OCc1ccccc1)OCc1ccccc1. The van der Waals surface area contributed by atoms with Crippen LogP contribution in [-0.4, -0.2) is 39.8 Å². The second-order valence-electron chi connectivity index (χ2n) is 11.3. The van der Waals surface area contributed by atoms with E-state index in [1.54, 1.807) is 24.3 Å². The molecule has 0 bridgehead atoms. The van der Waals surface area contributed by atoms with Crippen LogP contribution in [0, 0.1) is 10.1 Å². The number of fused-ring (bicyclic) bond motifs is 3. The summed E-state index contributed by atoms with van der Waals surface area (Å²) in [5.41, 5.74) is 4.84. The summed E-state index contributed by atoms with van der Waals surface area (Å²) in [6, 6.07) is 29.5. The molecule has 0 fully saturated rings. The highest BCUT2D eigenvalue weighted by Gasteiger charge is 2.36. The lowest BCUT2D eigenvalue weighted by Crippen LogP contribution is -2.54. The van der Waals surface area contributed by atoms with Crippen LogP contribution in [0.25, 0.3) is 10.9 Å². The Hall–Kier alpha value is -5.81. The summed E-state index contributed by atoms with van der Waals surface area (Å²) in [5, 5.41) is 18.3. The summed E-state index contributed by atoms with van der Waals surface area (Å²) < 4.78 is 10.9. The summed E-state index contributed by atoms with van der Waals surface area (Å²) in [6.45, 7) is -0.0163. The molecule has 3 atom stereocenters. The van der Waals surface area contributed by atoms with Gasteiger partial charge in [-0.2, -0.15) is 0 Å². The van der Waals surface area contributed by atoms with Crippen LogP contribution in [0.1, 0.15) is 40.4 Å². The molecule has 1 aliphatic heterocycles. The van der Waals surface area contributed by atoms with Gasteiger partial charge in [0.05, 0.1) is 23.4 Å². The first-order valence-electron chi connectivity index (χ1n) is 15.2. The number of nitrogens with zero attached hydrogens (tertiary/aromatic N) is 1. The van der Waals surface area contributed by atoms with Crippen molar-refractivity contribution in [2.24, 2.45) is 0 Å². The van der Waals surface area contributed by atoms with E-state index in [0.717, 1.165) is 33.3 Å². The predicted octanol–water partition coefficient (Wildman–Crippen LogP) is 5.04. The van der Waals surface area contributed by atoms with Gasteiger partial charge in [-0.1, -0.05) is 91.0 Å². The van der Waals surface area contributed by atoms with Gasteiger partial charge < -0.3 is 19.8 Å². The van der Waals surface area contributed by atoms with Crippen molar-refractivity contribution in [2.75, 3.05) is 0 Å². The number of hydrogen-bond donors (Lipinski definition) is 3. The van der Waals surface area contributed by atoms with Gasteiger partial charge in [0.2, 0.25) is 5.91 Å². The Balaban J connectivity index is 1.23. The minimum atomic E-state index is -1.31. The summed E-state index contributed by atoms with van der Waals surface area (Å²) >= 11 is 0. The molecule has 4 aromatic carbocycles. The summed E-state index contributed by atoms with van der Waals surface area (Å²) in [6.07, 6.45) is -0.137. The maximum Gasteiger partial charge on any atom is 0.329 e. The maximum atomic E-state index is 13.9. The van der Waals surface area contributed by atoms with Crippen LogP contribution in [0.4, 0.5) is 5.69 Å². The Morgan fingerprint density at radius 2 is 1.45 bits per heavy atom. The third-order valence-corrected chi connectivity index (χ3v) is 8.10. The van der Waals surface area contributed by atoms with Crippen LogP contribution in [0.2, 0.25) is 0 Å². The first-order chi connectivity index (χ1) is 22.9. The number of nitro benzene ring substituents is 1. The molecule has 2 heterocycles. The zero-order valence-corrected chi connectivity index (χ0v) is 25.3. The number of nitro groups is 1. The molecule has 238 valence electrons. The molecule has 1 aliphatic rings. The molecule has 0 unspecified atom stereocenters. The first-order valence-corrected chi connectivity index (χ1v) is 15.2. The van der Waals surface area contributed by atoms with E-state index in [9.17, 15) is 24.5 Å². The van der Waals surface area contributed by atoms with E-state index in [0.29, 0.717) is 12.0 Å². The second-order valence-corrected chi connectivity index (χ2v) is 11.3. The number of non-ortho nitro benzene ring substituents is 1. The van der Waals surface area contributed by atoms with Crippen molar-refractivity contribution in [1.82, 2.24) is 15.6 Å². The lowest BCUT2D eigenvalue weighted by Gasteiger charge is -2.32. The quantitative estimate of drug-likeness (QED) is 0.104. The van der Waals surface area contributed by atoms with E-state index in [2.05, 4.69) is 15.6 Å². The van der Waals surface area contributed by atoms with E-state index in [1.165, 1.54) is 12.1 Å². The number of H-pyrrole nitrogens is 1. The normalized spacial score (nSPS) is 16.1. The summed E-state index contributed by atoms with van der Waals surface area (Å²) in [4.78, 5) is 54.4. The number of para-hydroxylation sites is 1. The van der Waals surface area contributed by atoms with Gasteiger partial charge in [-0.15, -0.1) is 0 Å². The number of benzene rings is 4. The third kappa shape index (κ3) is 7.37. The van der Waals surface area contributed by atoms with Gasteiger partial charge in [-0.05, 0) is 34.7 Å². The van der Waals surface area contributed by atoms with Crippen molar-refractivity contribution in [3.8, 4) is 0 Å². The van der Waals surface area contributed by atoms with Crippen molar-refractivity contribution < 1.29 is 28.8 Å². The fourth-order valence-corrected chi connectivity index (χ4v) is 5.71. The van der Waals surface area contributed by atoms with Crippen molar-refractivity contribution >= 4 is 34.4 Å². The van der Waals surface area contributed by atoms with Gasteiger partial charge in [0.15, 0.2) is 0 Å². The van der Waals surface area contributed by atoms with E-state index in [4.69, 9.17) is 9.47 Å². The van der Waals surface area contributed by atoms with Crippen molar-refractivity contribution in [1.29, 1.82) is 0 Å². The van der Waals surface area contributed by atoms with E-state index < -0.39 is 47.3 Å². The number of carbonyl (C=O) groups is 3. The van der Waals surface area contributed by atoms with Crippen molar-refractivity contribution in [3.63, 3.8) is 0 Å². The molecule has 11 heteroatoms. The number of nitrogens with one attached hydrogen (secondary N) is 3. The van der Waals surface area contributed by atoms with Gasteiger partial charge in [-0.25, -0.2) is 4.79 Å². The molecule has 6 rings (SSSR count). The molecule has 1 amide bonds. The predicted molar refractivity (Wildman–Crippen MR) is 173 cm³/mol. The Morgan fingerprint density at radius 1 is 0.830 bits per heavy atom. The lowest BCUT2D eigenvalue weighted by atomic mass is 9.89. The lowest BCUT2D eigenvalue weighted by molar-refractivity contribution is -0.384. The maximum absolute atomic E-state index is 13.9. The number of aromatic amines is 1. The van der Waals surface area contributed by atoms with Crippen LogP contribution < -0.4 is 10.6 Å². The van der Waals surface area contributed by atoms with Crippen LogP contribution >= 0.6 is 0 Å². The van der Waals surface area contributed by atoms with Crippen molar-refractivity contribution in [2.45, 2.75) is 44.2 Å². The third-order valence-electron chi connectivity index (χ3n) is 8.10. The van der Waals surface area contributed by atoms with Crippen LogP contribution in [0.5, 0.6) is 0 Å². The highest BCUT2D eigenvalue weighted by molar-refractivity contribution is 5.92. The molecular weight excluding hydrogens is 600 g/mol. The molecule has 3 N–H and O–H groups in total. The smallest absolute Gasteiger partial charge is 0.329 e. The molecule has 0 saturated heterocycles. The molecule has 0 aliphatic carbocycles. The zero-order chi connectivity index (χ0) is 32.8. The van der Waals surface area contributed by atoms with Crippen LogP contribution in [0.15, 0.2) is 109 Å². The highest BCUT2D eigenvalue weighted by Crippen LogP contribution is 2.35. The number of carbonyl (C=O) groups excluding carboxylic acids is 3. The van der Waals surface area contributed by atoms with E-state index in [1.807, 2.05) is 72.8 Å². The van der Waals surface area contributed by atoms with E-state index >= 15 is 0 Å². The largest absolute Gasteiger partial charge is 0.461 e. The number of amides is 1. The monoisotopic (exact) mass is 632 g/mol. The Labute approximate surface area is 270 Å². The molecule has 47 heavy (non-hydrogen) atoms. The molecular formula is C36H32N4O7. The van der Waals surface area contributed by atoms with Gasteiger partial charge in [0.1, 0.15) is 19.3 Å².